The molecule has 0 amide bonds. The van der Waals surface area contributed by atoms with Crippen LogP contribution in [0.3, 0.4) is 0 Å². The first-order chi connectivity index (χ1) is 20.8. The SMILES string of the molecule is c1ccc(N2c3ccccc3-n3c(-c4ccc(-c5ccc6ccc7cccnc7c6n5)cc4)nc4cccc2c43)cc1. The van der Waals surface area contributed by atoms with Gasteiger partial charge in [0.05, 0.1) is 44.8 Å². The van der Waals surface area contributed by atoms with Crippen molar-refractivity contribution in [2.75, 3.05) is 4.90 Å². The van der Waals surface area contributed by atoms with Gasteiger partial charge in [-0.1, -0.05) is 84.9 Å². The molecule has 42 heavy (non-hydrogen) atoms. The van der Waals surface area contributed by atoms with Crippen molar-refractivity contribution in [1.82, 2.24) is 19.5 Å². The number of anilines is 3. The molecular formula is C37H23N5. The van der Waals surface area contributed by atoms with E-state index in [1.54, 1.807) is 0 Å². The van der Waals surface area contributed by atoms with Crippen LogP contribution in [0, 0.1) is 0 Å². The average Bonchev–Trinajstić information content (AvgIpc) is 3.46. The first-order valence-corrected chi connectivity index (χ1v) is 14.0. The van der Waals surface area contributed by atoms with Gasteiger partial charge in [-0.2, -0.15) is 0 Å². The number of hydrogen-bond donors (Lipinski definition) is 0. The third kappa shape index (κ3) is 3.34. The van der Waals surface area contributed by atoms with Crippen molar-refractivity contribution in [3.05, 3.63) is 140 Å². The fraction of sp³-hybridized carbons (Fsp3) is 0. The molecule has 3 aromatic heterocycles. The lowest BCUT2D eigenvalue weighted by Crippen LogP contribution is -2.18. The van der Waals surface area contributed by atoms with E-state index in [1.807, 2.05) is 12.3 Å². The van der Waals surface area contributed by atoms with Gasteiger partial charge < -0.3 is 4.90 Å². The second-order valence-electron chi connectivity index (χ2n) is 10.6. The second-order valence-corrected chi connectivity index (χ2v) is 10.6. The highest BCUT2D eigenvalue weighted by molar-refractivity contribution is 6.04. The van der Waals surface area contributed by atoms with Crippen LogP contribution in [-0.4, -0.2) is 19.5 Å². The number of rotatable bonds is 3. The minimum absolute atomic E-state index is 0.922. The summed E-state index contributed by atoms with van der Waals surface area (Å²) >= 11 is 0. The topological polar surface area (TPSA) is 46.8 Å². The van der Waals surface area contributed by atoms with Crippen LogP contribution in [0.15, 0.2) is 140 Å². The standard InChI is InChI=1S/C37H23N5/c1-2-9-28(10-3-1)41-31-12-4-5-13-32(31)42-36-30(11-6-14-33(36)41)40-37(42)27-19-15-24(16-20-27)29-22-21-26-18-17-25-8-7-23-38-34(25)35(26)39-29/h1-23H. The van der Waals surface area contributed by atoms with E-state index < -0.39 is 0 Å². The number of imidazole rings is 1. The van der Waals surface area contributed by atoms with E-state index in [4.69, 9.17) is 9.97 Å². The van der Waals surface area contributed by atoms with Crippen molar-refractivity contribution in [1.29, 1.82) is 0 Å². The molecule has 5 nitrogen and oxygen atoms in total. The number of fused-ring (bicyclic) bond motifs is 5. The van der Waals surface area contributed by atoms with E-state index >= 15 is 0 Å². The monoisotopic (exact) mass is 537 g/mol. The third-order valence-electron chi connectivity index (χ3n) is 8.15. The van der Waals surface area contributed by atoms with Crippen molar-refractivity contribution >= 4 is 49.9 Å². The molecule has 5 heteroatoms. The molecule has 0 unspecified atom stereocenters. The van der Waals surface area contributed by atoms with Crippen LogP contribution in [-0.2, 0) is 0 Å². The molecule has 0 saturated carbocycles. The van der Waals surface area contributed by atoms with Crippen LogP contribution in [0.1, 0.15) is 0 Å². The van der Waals surface area contributed by atoms with Gasteiger partial charge in [-0.15, -0.1) is 0 Å². The normalized spacial score (nSPS) is 12.2. The smallest absolute Gasteiger partial charge is 0.145 e. The Labute approximate surface area is 242 Å². The van der Waals surface area contributed by atoms with Gasteiger partial charge in [0.15, 0.2) is 0 Å². The molecule has 0 N–H and O–H groups in total. The molecule has 0 radical (unpaired) electrons. The van der Waals surface area contributed by atoms with Gasteiger partial charge in [0.2, 0.25) is 0 Å². The zero-order valence-corrected chi connectivity index (χ0v) is 22.5. The van der Waals surface area contributed by atoms with Crippen molar-refractivity contribution in [3.8, 4) is 28.3 Å². The zero-order valence-electron chi connectivity index (χ0n) is 22.5. The summed E-state index contributed by atoms with van der Waals surface area (Å²) in [5.41, 5.74) is 11.4. The largest absolute Gasteiger partial charge is 0.306 e. The molecule has 0 spiro atoms. The third-order valence-corrected chi connectivity index (χ3v) is 8.15. The molecule has 8 aromatic rings. The first kappa shape index (κ1) is 22.9. The minimum Gasteiger partial charge on any atom is -0.306 e. The maximum atomic E-state index is 5.17. The van der Waals surface area contributed by atoms with E-state index in [0.29, 0.717) is 0 Å². The first-order valence-electron chi connectivity index (χ1n) is 14.0. The lowest BCUT2D eigenvalue weighted by Gasteiger charge is -2.32. The molecule has 0 fully saturated rings. The quantitative estimate of drug-likeness (QED) is 0.211. The number of benzene rings is 5. The number of hydrogen-bond acceptors (Lipinski definition) is 4. The molecule has 0 atom stereocenters. The zero-order chi connectivity index (χ0) is 27.6. The van der Waals surface area contributed by atoms with Crippen molar-refractivity contribution < 1.29 is 0 Å². The van der Waals surface area contributed by atoms with Gasteiger partial charge >= 0.3 is 0 Å². The highest BCUT2D eigenvalue weighted by atomic mass is 15.2. The summed E-state index contributed by atoms with van der Waals surface area (Å²) < 4.78 is 2.31. The summed E-state index contributed by atoms with van der Waals surface area (Å²) in [6, 6.07) is 46.5. The number of aromatic nitrogens is 4. The Morgan fingerprint density at radius 1 is 0.476 bits per heavy atom. The van der Waals surface area contributed by atoms with Gasteiger partial charge in [0.25, 0.3) is 0 Å². The van der Waals surface area contributed by atoms with Gasteiger partial charge in [-0.05, 0) is 48.5 Å². The Hall–Kier alpha value is -5.81. The van der Waals surface area contributed by atoms with Crippen LogP contribution >= 0.6 is 0 Å². The van der Waals surface area contributed by atoms with Gasteiger partial charge in [-0.25, -0.2) is 9.97 Å². The summed E-state index contributed by atoms with van der Waals surface area (Å²) in [6.07, 6.45) is 1.83. The molecule has 196 valence electrons. The van der Waals surface area contributed by atoms with Crippen molar-refractivity contribution in [2.24, 2.45) is 0 Å². The van der Waals surface area contributed by atoms with Crippen LogP contribution in [0.25, 0.3) is 61.2 Å². The summed E-state index contributed by atoms with van der Waals surface area (Å²) in [5.74, 6) is 0.922. The molecule has 5 aromatic carbocycles. The minimum atomic E-state index is 0.922. The van der Waals surface area contributed by atoms with Crippen LogP contribution in [0.4, 0.5) is 17.1 Å². The maximum Gasteiger partial charge on any atom is 0.145 e. The van der Waals surface area contributed by atoms with E-state index in [1.165, 1.54) is 0 Å². The van der Waals surface area contributed by atoms with Crippen molar-refractivity contribution in [2.45, 2.75) is 0 Å². The van der Waals surface area contributed by atoms with Crippen LogP contribution in [0.2, 0.25) is 0 Å². The van der Waals surface area contributed by atoms with Crippen LogP contribution in [0.5, 0.6) is 0 Å². The molecule has 1 aliphatic heterocycles. The Bertz CT molecular complexity index is 2300. The summed E-state index contributed by atoms with van der Waals surface area (Å²) in [6.45, 7) is 0. The average molecular weight is 538 g/mol. The number of pyridine rings is 2. The highest BCUT2D eigenvalue weighted by Crippen LogP contribution is 2.48. The Kier molecular flexibility index (Phi) is 4.83. The van der Waals surface area contributed by atoms with Gasteiger partial charge in [-0.3, -0.25) is 9.55 Å². The summed E-state index contributed by atoms with van der Waals surface area (Å²) in [7, 11) is 0. The molecule has 0 bridgehead atoms. The summed E-state index contributed by atoms with van der Waals surface area (Å²) in [4.78, 5) is 17.2. The van der Waals surface area contributed by atoms with E-state index in [0.717, 1.165) is 78.2 Å². The van der Waals surface area contributed by atoms with Gasteiger partial charge in [0.1, 0.15) is 5.82 Å². The molecule has 9 rings (SSSR count). The Balaban J connectivity index is 1.19. The van der Waals surface area contributed by atoms with E-state index in [2.05, 4.69) is 142 Å². The lowest BCUT2D eigenvalue weighted by molar-refractivity contribution is 1.06. The fourth-order valence-electron chi connectivity index (χ4n) is 6.22. The molecule has 1 aliphatic rings. The molecular weight excluding hydrogens is 514 g/mol. The highest BCUT2D eigenvalue weighted by Gasteiger charge is 2.29. The lowest BCUT2D eigenvalue weighted by atomic mass is 10.1. The van der Waals surface area contributed by atoms with Crippen LogP contribution < -0.4 is 4.90 Å². The van der Waals surface area contributed by atoms with E-state index in [-0.39, 0.29) is 0 Å². The maximum absolute atomic E-state index is 5.17. The summed E-state index contributed by atoms with van der Waals surface area (Å²) in [5, 5.41) is 2.18. The molecule has 0 aliphatic carbocycles. The second kappa shape index (κ2) is 8.85. The Morgan fingerprint density at radius 2 is 1.19 bits per heavy atom. The number of para-hydroxylation sites is 4. The van der Waals surface area contributed by atoms with Gasteiger partial charge in [0, 0.05) is 33.8 Å². The number of nitrogens with zero attached hydrogens (tertiary/aromatic N) is 5. The molecule has 4 heterocycles. The Morgan fingerprint density at radius 3 is 2.05 bits per heavy atom. The fourth-order valence-corrected chi connectivity index (χ4v) is 6.22. The predicted octanol–water partition coefficient (Wildman–Crippen LogP) is 9.24. The van der Waals surface area contributed by atoms with E-state index in [9.17, 15) is 0 Å². The molecule has 0 saturated heterocycles. The van der Waals surface area contributed by atoms with Crippen molar-refractivity contribution in [3.63, 3.8) is 0 Å². The predicted molar refractivity (Wildman–Crippen MR) is 171 cm³/mol.